The molecule has 6 nitrogen and oxygen atoms in total. The van der Waals surface area contributed by atoms with Crippen LogP contribution in [0.25, 0.3) is 0 Å². The predicted octanol–water partition coefficient (Wildman–Crippen LogP) is 0.337. The highest BCUT2D eigenvalue weighted by atomic mass is 16.5. The van der Waals surface area contributed by atoms with Gasteiger partial charge in [-0.2, -0.15) is 5.10 Å². The highest BCUT2D eigenvalue weighted by Gasteiger charge is 2.16. The average Bonchev–Trinajstić information content (AvgIpc) is 2.68. The average molecular weight is 280 g/mol. The largest absolute Gasteiger partial charge is 0.379 e. The molecule has 0 saturated carbocycles. The number of aryl methyl sites for hydroxylation is 2. The SMILES string of the molecule is Cc1cc(C)n(C[C@H](C)NC(=O)CN2CCOCC2)n1. The van der Waals surface area contributed by atoms with E-state index in [0.29, 0.717) is 26.3 Å². The Labute approximate surface area is 120 Å². The number of morpholine rings is 1. The lowest BCUT2D eigenvalue weighted by Crippen LogP contribution is -2.46. The molecule has 112 valence electrons. The number of carbonyl (C=O) groups is 1. The van der Waals surface area contributed by atoms with Crippen molar-refractivity contribution in [3.8, 4) is 0 Å². The lowest BCUT2D eigenvalue weighted by atomic mass is 10.3. The molecule has 1 atom stereocenters. The fourth-order valence-corrected chi connectivity index (χ4v) is 2.45. The van der Waals surface area contributed by atoms with Gasteiger partial charge in [0, 0.05) is 24.8 Å². The molecule has 1 aliphatic rings. The third-order valence-corrected chi connectivity index (χ3v) is 3.43. The van der Waals surface area contributed by atoms with Crippen LogP contribution in [-0.2, 0) is 16.1 Å². The molecule has 1 fully saturated rings. The van der Waals surface area contributed by atoms with E-state index in [4.69, 9.17) is 4.74 Å². The molecule has 20 heavy (non-hydrogen) atoms. The van der Waals surface area contributed by atoms with E-state index in [9.17, 15) is 4.79 Å². The number of rotatable bonds is 5. The highest BCUT2D eigenvalue weighted by molar-refractivity contribution is 5.78. The zero-order valence-corrected chi connectivity index (χ0v) is 12.6. The van der Waals surface area contributed by atoms with Crippen LogP contribution in [0.5, 0.6) is 0 Å². The lowest BCUT2D eigenvalue weighted by molar-refractivity contribution is -0.123. The second-order valence-corrected chi connectivity index (χ2v) is 5.47. The molecule has 0 spiro atoms. The number of carbonyl (C=O) groups excluding carboxylic acids is 1. The minimum atomic E-state index is 0.0703. The van der Waals surface area contributed by atoms with E-state index in [1.165, 1.54) is 0 Å². The standard InChI is InChI=1S/C14H24N4O2/c1-11-8-13(3)18(16-11)9-12(2)15-14(19)10-17-4-6-20-7-5-17/h8,12H,4-7,9-10H2,1-3H3,(H,15,19)/t12-/m0/s1. The monoisotopic (exact) mass is 280 g/mol. The van der Waals surface area contributed by atoms with Crippen LogP contribution >= 0.6 is 0 Å². The maximum atomic E-state index is 12.0. The highest BCUT2D eigenvalue weighted by Crippen LogP contribution is 2.03. The van der Waals surface area contributed by atoms with E-state index in [1.54, 1.807) is 0 Å². The topological polar surface area (TPSA) is 59.4 Å². The van der Waals surface area contributed by atoms with E-state index < -0.39 is 0 Å². The summed E-state index contributed by atoms with van der Waals surface area (Å²) in [6.45, 7) is 10.3. The Kier molecular flexibility index (Phi) is 5.14. The first kappa shape index (κ1) is 15.0. The molecule has 1 amide bonds. The maximum absolute atomic E-state index is 12.0. The van der Waals surface area contributed by atoms with Crippen LogP contribution in [0.3, 0.4) is 0 Å². The van der Waals surface area contributed by atoms with Crippen LogP contribution in [0.1, 0.15) is 18.3 Å². The fourth-order valence-electron chi connectivity index (χ4n) is 2.45. The Morgan fingerprint density at radius 3 is 2.75 bits per heavy atom. The minimum Gasteiger partial charge on any atom is -0.379 e. The summed E-state index contributed by atoms with van der Waals surface area (Å²) in [4.78, 5) is 14.1. The summed E-state index contributed by atoms with van der Waals surface area (Å²) in [6, 6.07) is 2.11. The molecule has 6 heteroatoms. The molecule has 0 aromatic carbocycles. The third kappa shape index (κ3) is 4.31. The quantitative estimate of drug-likeness (QED) is 0.845. The maximum Gasteiger partial charge on any atom is 0.234 e. The Hall–Kier alpha value is -1.40. The van der Waals surface area contributed by atoms with Crippen molar-refractivity contribution in [2.75, 3.05) is 32.8 Å². The van der Waals surface area contributed by atoms with Crippen LogP contribution in [0.2, 0.25) is 0 Å². The molecule has 2 heterocycles. The van der Waals surface area contributed by atoms with Crippen molar-refractivity contribution in [1.29, 1.82) is 0 Å². The lowest BCUT2D eigenvalue weighted by Gasteiger charge is -2.26. The summed E-state index contributed by atoms with van der Waals surface area (Å²) in [5, 5.41) is 7.44. The first-order chi connectivity index (χ1) is 9.54. The van der Waals surface area contributed by atoms with Crippen molar-refractivity contribution in [2.45, 2.75) is 33.4 Å². The zero-order valence-electron chi connectivity index (χ0n) is 12.6. The van der Waals surface area contributed by atoms with Crippen molar-refractivity contribution < 1.29 is 9.53 Å². The van der Waals surface area contributed by atoms with Gasteiger partial charge in [0.15, 0.2) is 0 Å². The van der Waals surface area contributed by atoms with Crippen molar-refractivity contribution in [3.05, 3.63) is 17.5 Å². The van der Waals surface area contributed by atoms with Gasteiger partial charge in [0.2, 0.25) is 5.91 Å². The van der Waals surface area contributed by atoms with Crippen molar-refractivity contribution in [1.82, 2.24) is 20.0 Å². The normalized spacial score (nSPS) is 17.9. The molecule has 0 unspecified atom stereocenters. The van der Waals surface area contributed by atoms with Gasteiger partial charge in [-0.1, -0.05) is 0 Å². The summed E-state index contributed by atoms with van der Waals surface area (Å²) in [5.41, 5.74) is 2.13. The first-order valence-corrected chi connectivity index (χ1v) is 7.15. The summed E-state index contributed by atoms with van der Waals surface area (Å²) < 4.78 is 7.21. The second-order valence-electron chi connectivity index (χ2n) is 5.47. The van der Waals surface area contributed by atoms with E-state index in [2.05, 4.69) is 15.3 Å². The molecule has 1 N–H and O–H groups in total. The van der Waals surface area contributed by atoms with Crippen molar-refractivity contribution in [3.63, 3.8) is 0 Å². The number of hydrogen-bond donors (Lipinski definition) is 1. The Morgan fingerprint density at radius 1 is 1.45 bits per heavy atom. The molecule has 1 aromatic rings. The Bertz CT molecular complexity index is 452. The summed E-state index contributed by atoms with van der Waals surface area (Å²) in [7, 11) is 0. The predicted molar refractivity (Wildman–Crippen MR) is 76.6 cm³/mol. The number of nitrogens with one attached hydrogen (secondary N) is 1. The summed E-state index contributed by atoms with van der Waals surface area (Å²) in [5.74, 6) is 0.0703. The van der Waals surface area contributed by atoms with Gasteiger partial charge in [-0.15, -0.1) is 0 Å². The van der Waals surface area contributed by atoms with Gasteiger partial charge in [-0.25, -0.2) is 0 Å². The minimum absolute atomic E-state index is 0.0703. The van der Waals surface area contributed by atoms with Gasteiger partial charge in [-0.05, 0) is 26.8 Å². The molecular weight excluding hydrogens is 256 g/mol. The van der Waals surface area contributed by atoms with Crippen molar-refractivity contribution >= 4 is 5.91 Å². The van der Waals surface area contributed by atoms with Gasteiger partial charge >= 0.3 is 0 Å². The second kappa shape index (κ2) is 6.85. The van der Waals surface area contributed by atoms with E-state index in [1.807, 2.05) is 31.5 Å². The van der Waals surface area contributed by atoms with E-state index in [-0.39, 0.29) is 11.9 Å². The molecule has 1 aromatic heterocycles. The molecule has 2 rings (SSSR count). The molecule has 1 aliphatic heterocycles. The van der Waals surface area contributed by atoms with Gasteiger partial charge < -0.3 is 10.1 Å². The molecular formula is C14H24N4O2. The number of ether oxygens (including phenoxy) is 1. The first-order valence-electron chi connectivity index (χ1n) is 7.15. The van der Waals surface area contributed by atoms with Crippen LogP contribution < -0.4 is 5.32 Å². The number of nitrogens with zero attached hydrogens (tertiary/aromatic N) is 3. The van der Waals surface area contributed by atoms with Gasteiger partial charge in [0.05, 0.1) is 32.0 Å². The molecule has 0 bridgehead atoms. The number of amides is 1. The zero-order chi connectivity index (χ0) is 14.5. The Balaban J connectivity index is 1.77. The van der Waals surface area contributed by atoms with Crippen LogP contribution in [0.4, 0.5) is 0 Å². The van der Waals surface area contributed by atoms with E-state index in [0.717, 1.165) is 24.5 Å². The molecule has 1 saturated heterocycles. The summed E-state index contributed by atoms with van der Waals surface area (Å²) >= 11 is 0. The van der Waals surface area contributed by atoms with Gasteiger partial charge in [0.1, 0.15) is 0 Å². The van der Waals surface area contributed by atoms with Gasteiger partial charge in [-0.3, -0.25) is 14.4 Å². The number of hydrogen-bond acceptors (Lipinski definition) is 4. The van der Waals surface area contributed by atoms with Crippen LogP contribution in [0, 0.1) is 13.8 Å². The third-order valence-electron chi connectivity index (χ3n) is 3.43. The fraction of sp³-hybridized carbons (Fsp3) is 0.714. The Morgan fingerprint density at radius 2 is 2.15 bits per heavy atom. The number of aromatic nitrogens is 2. The van der Waals surface area contributed by atoms with E-state index >= 15 is 0 Å². The van der Waals surface area contributed by atoms with Crippen LogP contribution in [-0.4, -0.2) is 59.5 Å². The van der Waals surface area contributed by atoms with Crippen LogP contribution in [0.15, 0.2) is 6.07 Å². The van der Waals surface area contributed by atoms with Gasteiger partial charge in [0.25, 0.3) is 0 Å². The smallest absolute Gasteiger partial charge is 0.234 e. The molecule has 0 aliphatic carbocycles. The van der Waals surface area contributed by atoms with Crippen molar-refractivity contribution in [2.24, 2.45) is 0 Å². The summed E-state index contributed by atoms with van der Waals surface area (Å²) in [6.07, 6.45) is 0. The molecule has 0 radical (unpaired) electrons.